The van der Waals surface area contributed by atoms with Gasteiger partial charge in [0.1, 0.15) is 12.2 Å². The highest BCUT2D eigenvalue weighted by Crippen LogP contribution is 2.54. The molecular formula is C10H6F12O4. The molecular weight excluding hydrogens is 412 g/mol. The number of hydrogen-bond acceptors (Lipinski definition) is 4. The molecule has 2 aliphatic heterocycles. The van der Waals surface area contributed by atoms with E-state index in [9.17, 15) is 52.7 Å². The van der Waals surface area contributed by atoms with Gasteiger partial charge in [-0.1, -0.05) is 0 Å². The highest BCUT2D eigenvalue weighted by atomic mass is 19.4. The van der Waals surface area contributed by atoms with Gasteiger partial charge in [-0.3, -0.25) is 0 Å². The van der Waals surface area contributed by atoms with Gasteiger partial charge in [-0.25, -0.2) is 0 Å². The molecule has 26 heavy (non-hydrogen) atoms. The van der Waals surface area contributed by atoms with Crippen molar-refractivity contribution in [1.29, 1.82) is 0 Å². The van der Waals surface area contributed by atoms with Crippen molar-refractivity contribution in [3.05, 3.63) is 0 Å². The summed E-state index contributed by atoms with van der Waals surface area (Å²) in [5.74, 6) is -10.4. The van der Waals surface area contributed by atoms with Gasteiger partial charge in [-0.15, -0.1) is 0 Å². The quantitative estimate of drug-likeness (QED) is 0.612. The van der Waals surface area contributed by atoms with Crippen LogP contribution in [0.1, 0.15) is 0 Å². The highest BCUT2D eigenvalue weighted by molar-refractivity contribution is 4.98. The van der Waals surface area contributed by atoms with Crippen LogP contribution in [0.5, 0.6) is 0 Å². The van der Waals surface area contributed by atoms with Crippen LogP contribution in [0.2, 0.25) is 0 Å². The minimum absolute atomic E-state index is 1.64. The molecule has 2 rings (SSSR count). The first-order chi connectivity index (χ1) is 11.4. The third-order valence-corrected chi connectivity index (χ3v) is 3.44. The summed E-state index contributed by atoms with van der Waals surface area (Å²) in [6.07, 6.45) is -30.0. The SMILES string of the molecule is FC(F)(F)C1(C(F)(F)F)OCC(C2COC(C(F)(F)F)(C(F)(F)F)O2)O1. The van der Waals surface area contributed by atoms with Gasteiger partial charge in [-0.2, -0.15) is 52.7 Å². The summed E-state index contributed by atoms with van der Waals surface area (Å²) in [4.78, 5) is 0. The van der Waals surface area contributed by atoms with E-state index >= 15 is 0 Å². The third kappa shape index (κ3) is 2.99. The van der Waals surface area contributed by atoms with Crippen molar-refractivity contribution in [1.82, 2.24) is 0 Å². The van der Waals surface area contributed by atoms with Crippen LogP contribution in [-0.2, 0) is 18.9 Å². The smallest absolute Gasteiger partial charge is 0.333 e. The van der Waals surface area contributed by atoms with Crippen LogP contribution in [-0.4, -0.2) is 61.7 Å². The Morgan fingerprint density at radius 3 is 0.885 bits per heavy atom. The van der Waals surface area contributed by atoms with Crippen molar-refractivity contribution in [3.8, 4) is 0 Å². The molecule has 0 radical (unpaired) electrons. The van der Waals surface area contributed by atoms with E-state index < -0.39 is 61.7 Å². The molecule has 154 valence electrons. The van der Waals surface area contributed by atoms with Crippen molar-refractivity contribution in [2.24, 2.45) is 0 Å². The Balaban J connectivity index is 2.28. The van der Waals surface area contributed by atoms with E-state index in [1.54, 1.807) is 0 Å². The molecule has 16 heteroatoms. The molecule has 2 aliphatic rings. The van der Waals surface area contributed by atoms with Crippen molar-refractivity contribution in [3.63, 3.8) is 0 Å². The summed E-state index contributed by atoms with van der Waals surface area (Å²) in [5.41, 5.74) is 0. The van der Waals surface area contributed by atoms with Crippen LogP contribution < -0.4 is 0 Å². The molecule has 2 unspecified atom stereocenters. The fraction of sp³-hybridized carbons (Fsp3) is 1.00. The molecule has 0 aromatic carbocycles. The molecule has 2 atom stereocenters. The monoisotopic (exact) mass is 418 g/mol. The summed E-state index contributed by atoms with van der Waals surface area (Å²) < 4.78 is 167. The molecule has 0 aromatic heterocycles. The van der Waals surface area contributed by atoms with Crippen molar-refractivity contribution in [2.45, 2.75) is 48.5 Å². The third-order valence-electron chi connectivity index (χ3n) is 3.44. The average molecular weight is 418 g/mol. The van der Waals surface area contributed by atoms with Gasteiger partial charge in [0.25, 0.3) is 0 Å². The summed E-state index contributed by atoms with van der Waals surface area (Å²) in [6, 6.07) is 0. The Labute approximate surface area is 134 Å². The minimum Gasteiger partial charge on any atom is -0.333 e. The fourth-order valence-electron chi connectivity index (χ4n) is 2.24. The van der Waals surface area contributed by atoms with Crippen LogP contribution in [0.4, 0.5) is 52.7 Å². The zero-order chi connectivity index (χ0) is 20.4. The lowest BCUT2D eigenvalue weighted by molar-refractivity contribution is -0.452. The molecule has 4 nitrogen and oxygen atoms in total. The van der Waals surface area contributed by atoms with E-state index in [-0.39, 0.29) is 0 Å². The van der Waals surface area contributed by atoms with E-state index in [4.69, 9.17) is 0 Å². The Bertz CT molecular complexity index is 456. The standard InChI is InChI=1S/C10H6F12O4/c11-7(12,13)5(8(14,15)16)23-1-3(25-5)4-2-24-6(26-4,9(17,18)19)10(20,21)22/h3-4H,1-2H2. The fourth-order valence-corrected chi connectivity index (χ4v) is 2.24. The lowest BCUT2D eigenvalue weighted by Crippen LogP contribution is -2.59. The second-order valence-corrected chi connectivity index (χ2v) is 5.16. The van der Waals surface area contributed by atoms with E-state index in [1.807, 2.05) is 0 Å². The molecule has 0 spiro atoms. The van der Waals surface area contributed by atoms with Gasteiger partial charge in [0.15, 0.2) is 0 Å². The molecule has 0 aliphatic carbocycles. The summed E-state index contributed by atoms with van der Waals surface area (Å²) >= 11 is 0. The zero-order valence-corrected chi connectivity index (χ0v) is 11.7. The van der Waals surface area contributed by atoms with Gasteiger partial charge in [-0.05, 0) is 0 Å². The maximum Gasteiger partial charge on any atom is 0.453 e. The first-order valence-corrected chi connectivity index (χ1v) is 6.28. The van der Waals surface area contributed by atoms with Gasteiger partial charge < -0.3 is 18.9 Å². The zero-order valence-electron chi connectivity index (χ0n) is 11.7. The molecule has 0 saturated carbocycles. The first kappa shape index (κ1) is 21.3. The first-order valence-electron chi connectivity index (χ1n) is 6.28. The molecule has 2 heterocycles. The van der Waals surface area contributed by atoms with E-state index in [1.165, 1.54) is 0 Å². The van der Waals surface area contributed by atoms with Gasteiger partial charge >= 0.3 is 36.3 Å². The lowest BCUT2D eigenvalue weighted by atomic mass is 10.2. The van der Waals surface area contributed by atoms with Gasteiger partial charge in [0, 0.05) is 0 Å². The van der Waals surface area contributed by atoms with Crippen LogP contribution in [0.3, 0.4) is 0 Å². The van der Waals surface area contributed by atoms with Crippen molar-refractivity contribution < 1.29 is 71.6 Å². The predicted octanol–water partition coefficient (Wildman–Crippen LogP) is 3.46. The second-order valence-electron chi connectivity index (χ2n) is 5.16. The molecule has 0 N–H and O–H groups in total. The lowest BCUT2D eigenvalue weighted by Gasteiger charge is -2.33. The maximum absolute atomic E-state index is 12.7. The predicted molar refractivity (Wildman–Crippen MR) is 51.3 cm³/mol. The van der Waals surface area contributed by atoms with Crippen molar-refractivity contribution in [2.75, 3.05) is 13.2 Å². The van der Waals surface area contributed by atoms with Gasteiger partial charge in [0.2, 0.25) is 0 Å². The summed E-state index contributed by atoms with van der Waals surface area (Å²) in [6.45, 7) is -3.28. The molecule has 0 amide bonds. The normalized spacial score (nSPS) is 30.0. The number of ether oxygens (including phenoxy) is 4. The molecule has 0 aromatic rings. The molecule has 2 saturated heterocycles. The van der Waals surface area contributed by atoms with Crippen LogP contribution in [0.15, 0.2) is 0 Å². The van der Waals surface area contributed by atoms with Crippen LogP contribution in [0, 0.1) is 0 Å². The topological polar surface area (TPSA) is 36.9 Å². The summed E-state index contributed by atoms with van der Waals surface area (Å²) in [5, 5.41) is 0. The van der Waals surface area contributed by atoms with E-state index in [0.717, 1.165) is 0 Å². The van der Waals surface area contributed by atoms with Crippen LogP contribution >= 0.6 is 0 Å². The van der Waals surface area contributed by atoms with Crippen molar-refractivity contribution >= 4 is 0 Å². The Morgan fingerprint density at radius 2 is 0.731 bits per heavy atom. The molecule has 2 fully saturated rings. The Hall–Kier alpha value is -1.00. The second kappa shape index (κ2) is 5.75. The minimum atomic E-state index is -6.22. The number of hydrogen-bond donors (Lipinski definition) is 0. The molecule has 0 bridgehead atoms. The van der Waals surface area contributed by atoms with E-state index in [0.29, 0.717) is 0 Å². The Kier molecular flexibility index (Phi) is 4.71. The largest absolute Gasteiger partial charge is 0.453 e. The van der Waals surface area contributed by atoms with E-state index in [2.05, 4.69) is 18.9 Å². The highest BCUT2D eigenvalue weighted by Gasteiger charge is 2.80. The Morgan fingerprint density at radius 1 is 0.500 bits per heavy atom. The number of rotatable bonds is 1. The number of alkyl halides is 12. The summed E-state index contributed by atoms with van der Waals surface area (Å²) in [7, 11) is 0. The average Bonchev–Trinajstić information content (AvgIpc) is 3.01. The van der Waals surface area contributed by atoms with Crippen LogP contribution in [0.25, 0.3) is 0 Å². The number of halogens is 12. The maximum atomic E-state index is 12.7. The van der Waals surface area contributed by atoms with Gasteiger partial charge in [0.05, 0.1) is 13.2 Å².